The van der Waals surface area contributed by atoms with Crippen LogP contribution < -0.4 is 0 Å². The molecule has 0 aromatic carbocycles. The number of hydrogen-bond donors (Lipinski definition) is 0. The van der Waals surface area contributed by atoms with Gasteiger partial charge in [-0.1, -0.05) is 0 Å². The molecule has 18 heavy (non-hydrogen) atoms. The topological polar surface area (TPSA) is 64.6 Å². The number of ether oxygens (including phenoxy) is 2. The van der Waals surface area contributed by atoms with Gasteiger partial charge >= 0.3 is 0 Å². The molecular weight excluding hydrogens is 234 g/mol. The highest BCUT2D eigenvalue weighted by atomic mass is 16.7. The summed E-state index contributed by atoms with van der Waals surface area (Å²) in [5.41, 5.74) is 0.578. The van der Waals surface area contributed by atoms with Gasteiger partial charge in [0.1, 0.15) is 0 Å². The average Bonchev–Trinajstić information content (AvgIpc) is 2.88. The maximum atomic E-state index is 12.2. The lowest BCUT2D eigenvalue weighted by molar-refractivity contribution is -0.181. The summed E-state index contributed by atoms with van der Waals surface area (Å²) in [6, 6.07) is 1.68. The third-order valence-electron chi connectivity index (χ3n) is 3.46. The zero-order chi connectivity index (χ0) is 12.4. The molecule has 0 bridgehead atoms. The van der Waals surface area contributed by atoms with Gasteiger partial charge in [0, 0.05) is 25.9 Å². The summed E-state index contributed by atoms with van der Waals surface area (Å²) in [5.74, 6) is -0.439. The fourth-order valence-electron chi connectivity index (χ4n) is 2.44. The second-order valence-electron chi connectivity index (χ2n) is 4.53. The van der Waals surface area contributed by atoms with Gasteiger partial charge in [-0.3, -0.25) is 4.79 Å². The molecule has 0 unspecified atom stereocenters. The highest BCUT2D eigenvalue weighted by Crippen LogP contribution is 2.31. The maximum Gasteiger partial charge on any atom is 0.255 e. The monoisotopic (exact) mass is 249 g/mol. The normalized spacial score (nSPS) is 22.3. The second kappa shape index (κ2) is 4.62. The molecular formula is C12H15N3O3. The lowest BCUT2D eigenvalue weighted by atomic mass is 10.0. The van der Waals surface area contributed by atoms with E-state index in [1.54, 1.807) is 6.07 Å². The van der Waals surface area contributed by atoms with Gasteiger partial charge in [-0.25, -0.2) is 0 Å². The van der Waals surface area contributed by atoms with E-state index >= 15 is 0 Å². The number of aromatic nitrogens is 2. The maximum absolute atomic E-state index is 12.2. The van der Waals surface area contributed by atoms with Crippen molar-refractivity contribution >= 4 is 5.91 Å². The zero-order valence-electron chi connectivity index (χ0n) is 10.0. The van der Waals surface area contributed by atoms with E-state index in [4.69, 9.17) is 9.47 Å². The van der Waals surface area contributed by atoms with Crippen molar-refractivity contribution in [2.75, 3.05) is 26.3 Å². The van der Waals surface area contributed by atoms with Crippen molar-refractivity contribution in [2.24, 2.45) is 0 Å². The van der Waals surface area contributed by atoms with Gasteiger partial charge in [0.15, 0.2) is 5.79 Å². The zero-order valence-corrected chi connectivity index (χ0v) is 10.0. The molecule has 2 aliphatic heterocycles. The third-order valence-corrected chi connectivity index (χ3v) is 3.46. The molecule has 0 aliphatic carbocycles. The summed E-state index contributed by atoms with van der Waals surface area (Å²) in [4.78, 5) is 14.0. The van der Waals surface area contributed by atoms with Gasteiger partial charge < -0.3 is 14.4 Å². The molecule has 2 fully saturated rings. The summed E-state index contributed by atoms with van der Waals surface area (Å²) in [6.45, 7) is 2.62. The minimum atomic E-state index is -0.437. The minimum Gasteiger partial charge on any atom is -0.347 e. The van der Waals surface area contributed by atoms with Crippen molar-refractivity contribution in [1.29, 1.82) is 0 Å². The Balaban J connectivity index is 1.64. The van der Waals surface area contributed by atoms with Crippen LogP contribution in [0.4, 0.5) is 0 Å². The fraction of sp³-hybridized carbons (Fsp3) is 0.583. The van der Waals surface area contributed by atoms with Crippen molar-refractivity contribution in [3.63, 3.8) is 0 Å². The fourth-order valence-corrected chi connectivity index (χ4v) is 2.44. The Morgan fingerprint density at radius 3 is 2.56 bits per heavy atom. The van der Waals surface area contributed by atoms with Gasteiger partial charge in [0.2, 0.25) is 0 Å². The van der Waals surface area contributed by atoms with Gasteiger partial charge in [-0.05, 0) is 6.07 Å². The molecule has 1 aromatic rings. The molecule has 96 valence electrons. The van der Waals surface area contributed by atoms with Gasteiger partial charge in [0.05, 0.1) is 31.2 Å². The number of rotatable bonds is 1. The van der Waals surface area contributed by atoms with Crippen molar-refractivity contribution in [3.05, 3.63) is 24.0 Å². The van der Waals surface area contributed by atoms with Gasteiger partial charge in [0.25, 0.3) is 5.91 Å². The first kappa shape index (κ1) is 11.6. The molecule has 0 saturated carbocycles. The lowest BCUT2D eigenvalue weighted by Crippen LogP contribution is -2.47. The standard InChI is InChI=1S/C12H15N3O3/c16-11(10-1-4-13-14-9-10)15-5-2-12(3-6-15)17-7-8-18-12/h1,4,9H,2-3,5-8H2. The van der Waals surface area contributed by atoms with Crippen LogP contribution in [0.2, 0.25) is 0 Å². The summed E-state index contributed by atoms with van der Waals surface area (Å²) in [7, 11) is 0. The van der Waals surface area contributed by atoms with Crippen LogP contribution in [0, 0.1) is 0 Å². The predicted molar refractivity (Wildman–Crippen MR) is 61.8 cm³/mol. The highest BCUT2D eigenvalue weighted by molar-refractivity contribution is 5.93. The van der Waals surface area contributed by atoms with Crippen LogP contribution in [-0.2, 0) is 9.47 Å². The summed E-state index contributed by atoms with van der Waals surface area (Å²) >= 11 is 0. The molecule has 3 heterocycles. The van der Waals surface area contributed by atoms with Crippen LogP contribution in [-0.4, -0.2) is 53.1 Å². The molecule has 2 aliphatic rings. The number of carbonyl (C=O) groups excluding carboxylic acids is 1. The van der Waals surface area contributed by atoms with E-state index in [0.29, 0.717) is 31.9 Å². The molecule has 0 atom stereocenters. The molecule has 6 nitrogen and oxygen atoms in total. The third kappa shape index (κ3) is 2.09. The van der Waals surface area contributed by atoms with Crippen molar-refractivity contribution in [1.82, 2.24) is 15.1 Å². The van der Waals surface area contributed by atoms with E-state index in [-0.39, 0.29) is 5.91 Å². The van der Waals surface area contributed by atoms with Gasteiger partial charge in [-0.2, -0.15) is 10.2 Å². The van der Waals surface area contributed by atoms with E-state index in [9.17, 15) is 4.79 Å². The molecule has 0 N–H and O–H groups in total. The molecule has 0 radical (unpaired) electrons. The van der Waals surface area contributed by atoms with Crippen LogP contribution in [0.1, 0.15) is 23.2 Å². The first-order valence-electron chi connectivity index (χ1n) is 6.13. The molecule has 1 aromatic heterocycles. The Labute approximate surface area is 105 Å². The number of carbonyl (C=O) groups is 1. The first-order valence-corrected chi connectivity index (χ1v) is 6.13. The largest absolute Gasteiger partial charge is 0.347 e. The van der Waals surface area contributed by atoms with Crippen molar-refractivity contribution in [3.8, 4) is 0 Å². The van der Waals surface area contributed by atoms with Crippen LogP contribution in [0.3, 0.4) is 0 Å². The molecule has 3 rings (SSSR count). The number of piperidine rings is 1. The average molecular weight is 249 g/mol. The second-order valence-corrected chi connectivity index (χ2v) is 4.53. The number of nitrogens with zero attached hydrogens (tertiary/aromatic N) is 3. The smallest absolute Gasteiger partial charge is 0.255 e. The Hall–Kier alpha value is -1.53. The number of amides is 1. The first-order chi connectivity index (χ1) is 8.79. The highest BCUT2D eigenvalue weighted by Gasteiger charge is 2.40. The predicted octanol–water partition coefficient (Wildman–Crippen LogP) is 0.456. The van der Waals surface area contributed by atoms with Crippen LogP contribution in [0.15, 0.2) is 18.5 Å². The van der Waals surface area contributed by atoms with E-state index < -0.39 is 5.79 Å². The van der Waals surface area contributed by atoms with Crippen LogP contribution in [0.25, 0.3) is 0 Å². The molecule has 2 saturated heterocycles. The number of likely N-dealkylation sites (tertiary alicyclic amines) is 1. The Kier molecular flexibility index (Phi) is 2.97. The van der Waals surface area contributed by atoms with E-state index in [1.807, 2.05) is 4.90 Å². The van der Waals surface area contributed by atoms with Crippen LogP contribution >= 0.6 is 0 Å². The van der Waals surface area contributed by atoms with Crippen LogP contribution in [0.5, 0.6) is 0 Å². The summed E-state index contributed by atoms with van der Waals surface area (Å²) in [6.07, 6.45) is 4.49. The Morgan fingerprint density at radius 2 is 1.94 bits per heavy atom. The van der Waals surface area contributed by atoms with E-state index in [0.717, 1.165) is 12.8 Å². The lowest BCUT2D eigenvalue weighted by Gasteiger charge is -2.37. The Morgan fingerprint density at radius 1 is 1.22 bits per heavy atom. The quantitative estimate of drug-likeness (QED) is 0.723. The van der Waals surface area contributed by atoms with Gasteiger partial charge in [-0.15, -0.1) is 0 Å². The Bertz CT molecular complexity index is 421. The van der Waals surface area contributed by atoms with E-state index in [2.05, 4.69) is 10.2 Å². The van der Waals surface area contributed by atoms with Crippen molar-refractivity contribution in [2.45, 2.75) is 18.6 Å². The summed E-state index contributed by atoms with van der Waals surface area (Å²) in [5, 5.41) is 7.39. The molecule has 1 spiro atoms. The van der Waals surface area contributed by atoms with Crippen molar-refractivity contribution < 1.29 is 14.3 Å². The molecule has 1 amide bonds. The SMILES string of the molecule is O=C(c1ccnnc1)N1CCC2(CC1)OCCO2. The molecule has 6 heteroatoms. The summed E-state index contributed by atoms with van der Waals surface area (Å²) < 4.78 is 11.3. The minimum absolute atomic E-state index is 0.00209. The van der Waals surface area contributed by atoms with E-state index in [1.165, 1.54) is 12.4 Å². The number of hydrogen-bond acceptors (Lipinski definition) is 5.